The minimum absolute atomic E-state index is 0.160. The first-order valence-electron chi connectivity index (χ1n) is 8.12. The van der Waals surface area contributed by atoms with E-state index in [0.717, 1.165) is 11.3 Å². The number of nitrogens with zero attached hydrogens (tertiary/aromatic N) is 2. The molecule has 1 saturated heterocycles. The Hall–Kier alpha value is -3.10. The Kier molecular flexibility index (Phi) is 6.16. The van der Waals surface area contributed by atoms with Crippen LogP contribution in [0, 0.1) is 0 Å². The van der Waals surface area contributed by atoms with Gasteiger partial charge in [0.25, 0.3) is 0 Å². The smallest absolute Gasteiger partial charge is 0.334 e. The van der Waals surface area contributed by atoms with Crippen LogP contribution >= 0.6 is 0 Å². The molecule has 1 N–H and O–H groups in total. The lowest BCUT2D eigenvalue weighted by molar-refractivity contribution is -0.143. The number of rotatable bonds is 8. The van der Waals surface area contributed by atoms with Crippen LogP contribution in [-0.2, 0) is 14.4 Å². The van der Waals surface area contributed by atoms with Gasteiger partial charge in [0.05, 0.1) is 14.2 Å². The van der Waals surface area contributed by atoms with Crippen LogP contribution in [0.2, 0.25) is 0 Å². The van der Waals surface area contributed by atoms with E-state index in [2.05, 4.69) is 5.32 Å². The van der Waals surface area contributed by atoms with Gasteiger partial charge in [-0.05, 0) is 18.6 Å². The average Bonchev–Trinajstić information content (AvgIpc) is 2.83. The standard InChI is InChI=1S/C17H21N3O6/c1-4-5-8-19-15(22)16(23)20(17(19)24)10-14(21)18-11-6-7-12(25-2)13(9-11)26-3/h6-7,9H,4-5,8,10H2,1-3H3,(H,18,21). The zero-order valence-electron chi connectivity index (χ0n) is 14.9. The molecule has 1 heterocycles. The van der Waals surface area contributed by atoms with Crippen LogP contribution in [0.15, 0.2) is 18.2 Å². The first kappa shape index (κ1) is 19.2. The van der Waals surface area contributed by atoms with Crippen LogP contribution in [0.4, 0.5) is 10.5 Å². The van der Waals surface area contributed by atoms with Gasteiger partial charge in [-0.2, -0.15) is 0 Å². The Morgan fingerprint density at radius 2 is 1.69 bits per heavy atom. The minimum atomic E-state index is -0.992. The summed E-state index contributed by atoms with van der Waals surface area (Å²) in [5.41, 5.74) is 0.404. The molecule has 0 atom stereocenters. The summed E-state index contributed by atoms with van der Waals surface area (Å²) < 4.78 is 10.3. The third-order valence-electron chi connectivity index (χ3n) is 3.84. The van der Waals surface area contributed by atoms with Crippen molar-refractivity contribution >= 4 is 29.4 Å². The second-order valence-corrected chi connectivity index (χ2v) is 5.60. The third kappa shape index (κ3) is 3.93. The van der Waals surface area contributed by atoms with Gasteiger partial charge in [0.1, 0.15) is 6.54 Å². The maximum atomic E-state index is 12.2. The maximum Gasteiger partial charge on any atom is 0.334 e. The highest BCUT2D eigenvalue weighted by Crippen LogP contribution is 2.29. The molecule has 1 aromatic carbocycles. The van der Waals surface area contributed by atoms with Gasteiger partial charge in [0.2, 0.25) is 5.91 Å². The third-order valence-corrected chi connectivity index (χ3v) is 3.84. The lowest BCUT2D eigenvalue weighted by Gasteiger charge is -2.15. The van der Waals surface area contributed by atoms with Crippen molar-refractivity contribution in [3.63, 3.8) is 0 Å². The fourth-order valence-electron chi connectivity index (χ4n) is 2.46. The van der Waals surface area contributed by atoms with E-state index >= 15 is 0 Å². The quantitative estimate of drug-likeness (QED) is 0.550. The molecule has 140 valence electrons. The number of hydrogen-bond acceptors (Lipinski definition) is 6. The van der Waals surface area contributed by atoms with Crippen molar-refractivity contribution in [1.29, 1.82) is 0 Å². The first-order chi connectivity index (χ1) is 12.4. The van der Waals surface area contributed by atoms with E-state index in [0.29, 0.717) is 28.5 Å². The summed E-state index contributed by atoms with van der Waals surface area (Å²) in [5, 5.41) is 2.56. The summed E-state index contributed by atoms with van der Waals surface area (Å²) in [6, 6.07) is 3.97. The van der Waals surface area contributed by atoms with Gasteiger partial charge < -0.3 is 14.8 Å². The van der Waals surface area contributed by atoms with Crippen molar-refractivity contribution < 1.29 is 28.7 Å². The van der Waals surface area contributed by atoms with Gasteiger partial charge in [-0.15, -0.1) is 0 Å². The molecule has 1 aromatic rings. The van der Waals surface area contributed by atoms with Crippen LogP contribution in [0.25, 0.3) is 0 Å². The van der Waals surface area contributed by atoms with Crippen LogP contribution in [0.3, 0.4) is 0 Å². The number of nitrogens with one attached hydrogen (secondary N) is 1. The Labute approximate surface area is 150 Å². The Morgan fingerprint density at radius 1 is 1.04 bits per heavy atom. The summed E-state index contributed by atoms with van der Waals surface area (Å²) in [5.74, 6) is -1.59. The molecule has 0 saturated carbocycles. The number of benzene rings is 1. The minimum Gasteiger partial charge on any atom is -0.493 e. The zero-order valence-corrected chi connectivity index (χ0v) is 14.9. The van der Waals surface area contributed by atoms with E-state index in [1.807, 2.05) is 6.92 Å². The summed E-state index contributed by atoms with van der Waals surface area (Å²) in [6.45, 7) is 1.52. The van der Waals surface area contributed by atoms with Gasteiger partial charge in [-0.1, -0.05) is 13.3 Å². The van der Waals surface area contributed by atoms with Crippen LogP contribution in [0.5, 0.6) is 11.5 Å². The number of methoxy groups -OCH3 is 2. The summed E-state index contributed by atoms with van der Waals surface area (Å²) in [6.07, 6.45) is 1.36. The second-order valence-electron chi connectivity index (χ2n) is 5.60. The molecule has 9 heteroatoms. The predicted octanol–water partition coefficient (Wildman–Crippen LogP) is 1.23. The molecular weight excluding hydrogens is 342 g/mol. The molecule has 1 fully saturated rings. The van der Waals surface area contributed by atoms with Gasteiger partial charge in [-0.25, -0.2) is 9.69 Å². The van der Waals surface area contributed by atoms with Crippen LogP contribution in [-0.4, -0.2) is 60.9 Å². The average molecular weight is 363 g/mol. The topological polar surface area (TPSA) is 105 Å². The molecule has 0 aromatic heterocycles. The lowest BCUT2D eigenvalue weighted by Crippen LogP contribution is -2.39. The van der Waals surface area contributed by atoms with Crippen molar-refractivity contribution in [2.75, 3.05) is 32.6 Å². The number of imide groups is 2. The zero-order chi connectivity index (χ0) is 19.3. The van der Waals surface area contributed by atoms with Crippen molar-refractivity contribution in [3.05, 3.63) is 18.2 Å². The molecule has 0 bridgehead atoms. The largest absolute Gasteiger partial charge is 0.493 e. The summed E-state index contributed by atoms with van der Waals surface area (Å²) in [7, 11) is 2.95. The van der Waals surface area contributed by atoms with Gasteiger partial charge >= 0.3 is 17.8 Å². The number of hydrogen-bond donors (Lipinski definition) is 1. The predicted molar refractivity (Wildman–Crippen MR) is 91.9 cm³/mol. The van der Waals surface area contributed by atoms with Crippen molar-refractivity contribution in [3.8, 4) is 11.5 Å². The highest BCUT2D eigenvalue weighted by molar-refractivity contribution is 6.45. The molecule has 26 heavy (non-hydrogen) atoms. The van der Waals surface area contributed by atoms with E-state index in [9.17, 15) is 19.2 Å². The Bertz CT molecular complexity index is 733. The first-order valence-corrected chi connectivity index (χ1v) is 8.12. The number of carbonyl (C=O) groups is 4. The van der Waals surface area contributed by atoms with Crippen molar-refractivity contribution in [2.45, 2.75) is 19.8 Å². The highest BCUT2D eigenvalue weighted by atomic mass is 16.5. The van der Waals surface area contributed by atoms with E-state index in [4.69, 9.17) is 9.47 Å². The van der Waals surface area contributed by atoms with E-state index in [-0.39, 0.29) is 6.54 Å². The number of amides is 5. The Morgan fingerprint density at radius 3 is 2.31 bits per heavy atom. The van der Waals surface area contributed by atoms with Crippen molar-refractivity contribution in [1.82, 2.24) is 9.80 Å². The van der Waals surface area contributed by atoms with Gasteiger partial charge in [0, 0.05) is 18.3 Å². The number of carbonyl (C=O) groups excluding carboxylic acids is 4. The second kappa shape index (κ2) is 8.32. The molecule has 2 rings (SSSR count). The molecule has 5 amide bonds. The molecule has 0 radical (unpaired) electrons. The molecule has 0 unspecified atom stereocenters. The van der Waals surface area contributed by atoms with Gasteiger partial charge in [0.15, 0.2) is 11.5 Å². The summed E-state index contributed by atoms with van der Waals surface area (Å²) >= 11 is 0. The molecule has 9 nitrogen and oxygen atoms in total. The Balaban J connectivity index is 2.04. The normalized spacial score (nSPS) is 14.0. The molecule has 0 spiro atoms. The number of unbranched alkanes of at least 4 members (excludes halogenated alkanes) is 1. The number of ether oxygens (including phenoxy) is 2. The monoisotopic (exact) mass is 363 g/mol. The van der Waals surface area contributed by atoms with Crippen molar-refractivity contribution in [2.24, 2.45) is 0 Å². The number of anilines is 1. The SMILES string of the molecule is CCCCN1C(=O)C(=O)N(CC(=O)Nc2ccc(OC)c(OC)c2)C1=O. The van der Waals surface area contributed by atoms with Crippen LogP contribution in [0.1, 0.15) is 19.8 Å². The molecule has 1 aliphatic heterocycles. The van der Waals surface area contributed by atoms with E-state index in [1.165, 1.54) is 14.2 Å². The fourth-order valence-corrected chi connectivity index (χ4v) is 2.46. The number of urea groups is 1. The fraction of sp³-hybridized carbons (Fsp3) is 0.412. The molecular formula is C17H21N3O6. The van der Waals surface area contributed by atoms with Crippen LogP contribution < -0.4 is 14.8 Å². The van der Waals surface area contributed by atoms with Gasteiger partial charge in [-0.3, -0.25) is 19.3 Å². The highest BCUT2D eigenvalue weighted by Gasteiger charge is 2.44. The molecule has 1 aliphatic rings. The maximum absolute atomic E-state index is 12.2. The van der Waals surface area contributed by atoms with E-state index < -0.39 is 30.3 Å². The van der Waals surface area contributed by atoms with E-state index in [1.54, 1.807) is 18.2 Å². The lowest BCUT2D eigenvalue weighted by atomic mass is 10.2. The molecule has 0 aliphatic carbocycles. The summed E-state index contributed by atoms with van der Waals surface area (Å²) in [4.78, 5) is 49.7.